The van der Waals surface area contributed by atoms with E-state index in [1.807, 2.05) is 31.2 Å². The highest BCUT2D eigenvalue weighted by Gasteiger charge is 2.35. The summed E-state index contributed by atoms with van der Waals surface area (Å²) in [4.78, 5) is 27.0. The van der Waals surface area contributed by atoms with Gasteiger partial charge in [-0.15, -0.1) is 0 Å². The number of methoxy groups -OCH3 is 1. The zero-order valence-electron chi connectivity index (χ0n) is 18.5. The van der Waals surface area contributed by atoms with Crippen LogP contribution in [0.2, 0.25) is 0 Å². The number of rotatable bonds is 7. The predicted octanol–water partition coefficient (Wildman–Crippen LogP) is 6.72. The molecular formula is C26H21BrFNO4S. The molecule has 0 unspecified atom stereocenters. The van der Waals surface area contributed by atoms with Crippen LogP contribution >= 0.6 is 27.7 Å². The molecule has 1 aliphatic heterocycles. The number of carbonyl (C=O) groups excluding carboxylic acids is 2. The topological polar surface area (TPSA) is 55.8 Å². The minimum Gasteiger partial charge on any atom is -0.493 e. The first-order valence-corrected chi connectivity index (χ1v) is 12.0. The molecule has 0 atom stereocenters. The Labute approximate surface area is 209 Å². The molecule has 1 heterocycles. The van der Waals surface area contributed by atoms with Crippen LogP contribution in [-0.2, 0) is 17.9 Å². The molecule has 3 aromatic rings. The number of hydrogen-bond acceptors (Lipinski definition) is 5. The van der Waals surface area contributed by atoms with Crippen molar-refractivity contribution in [2.45, 2.75) is 20.1 Å². The predicted molar refractivity (Wildman–Crippen MR) is 134 cm³/mol. The molecule has 1 saturated heterocycles. The summed E-state index contributed by atoms with van der Waals surface area (Å²) in [6.45, 7) is 2.45. The van der Waals surface area contributed by atoms with Crippen LogP contribution in [0.4, 0.5) is 9.18 Å². The molecule has 0 aliphatic carbocycles. The molecule has 0 bridgehead atoms. The number of benzene rings is 3. The Morgan fingerprint density at radius 1 is 1.00 bits per heavy atom. The third kappa shape index (κ3) is 5.51. The van der Waals surface area contributed by atoms with Crippen molar-refractivity contribution in [2.75, 3.05) is 7.11 Å². The quantitative estimate of drug-likeness (QED) is 0.310. The fourth-order valence-corrected chi connectivity index (χ4v) is 4.60. The first-order valence-electron chi connectivity index (χ1n) is 10.4. The second-order valence-electron chi connectivity index (χ2n) is 7.69. The summed E-state index contributed by atoms with van der Waals surface area (Å²) in [5.41, 5.74) is 3.49. The molecule has 1 aliphatic rings. The maximum absolute atomic E-state index is 13.1. The van der Waals surface area contributed by atoms with Gasteiger partial charge in [0.25, 0.3) is 11.1 Å². The highest BCUT2D eigenvalue weighted by Crippen LogP contribution is 2.38. The summed E-state index contributed by atoms with van der Waals surface area (Å²) in [5, 5.41) is -0.306. The van der Waals surface area contributed by atoms with Gasteiger partial charge in [0, 0.05) is 4.47 Å². The minimum atomic E-state index is -0.335. The van der Waals surface area contributed by atoms with Crippen LogP contribution in [0, 0.1) is 12.7 Å². The van der Waals surface area contributed by atoms with E-state index in [9.17, 15) is 14.0 Å². The summed E-state index contributed by atoms with van der Waals surface area (Å²) in [5.74, 6) is 0.313. The average molecular weight is 542 g/mol. The number of imide groups is 1. The lowest BCUT2D eigenvalue weighted by Gasteiger charge is -2.13. The van der Waals surface area contributed by atoms with Gasteiger partial charge in [0.1, 0.15) is 12.4 Å². The lowest BCUT2D eigenvalue weighted by atomic mass is 10.1. The van der Waals surface area contributed by atoms with Gasteiger partial charge >= 0.3 is 0 Å². The summed E-state index contributed by atoms with van der Waals surface area (Å²) in [6, 6.07) is 17.3. The standard InChI is InChI=1S/C26H21BrFNO4S/c1-16-3-5-17(6-4-16)14-29-25(30)24(34-26(29)31)12-19-11-22(32-2)23(13-21(19)27)33-15-18-7-9-20(28)10-8-18/h3-13H,14-15H2,1-2H3/b24-12-. The van der Waals surface area contributed by atoms with Crippen molar-refractivity contribution in [3.8, 4) is 11.5 Å². The van der Waals surface area contributed by atoms with Gasteiger partial charge in [-0.1, -0.05) is 57.9 Å². The first kappa shape index (κ1) is 24.0. The fraction of sp³-hybridized carbons (Fsp3) is 0.154. The molecule has 0 aromatic heterocycles. The molecule has 0 N–H and O–H groups in total. The SMILES string of the molecule is COc1cc(/C=C2\SC(=O)N(Cc3ccc(C)cc3)C2=O)c(Br)cc1OCc1ccc(F)cc1. The van der Waals surface area contributed by atoms with E-state index in [1.54, 1.807) is 30.3 Å². The Kier molecular flexibility index (Phi) is 7.38. The van der Waals surface area contributed by atoms with E-state index in [-0.39, 0.29) is 30.1 Å². The number of halogens is 2. The normalized spacial score (nSPS) is 14.7. The van der Waals surface area contributed by atoms with Crippen molar-refractivity contribution in [1.29, 1.82) is 0 Å². The number of aryl methyl sites for hydroxylation is 1. The molecule has 174 valence electrons. The van der Waals surface area contributed by atoms with Crippen LogP contribution < -0.4 is 9.47 Å². The second kappa shape index (κ2) is 10.4. The van der Waals surface area contributed by atoms with Crippen LogP contribution in [0.25, 0.3) is 6.08 Å². The van der Waals surface area contributed by atoms with Crippen molar-refractivity contribution >= 4 is 44.9 Å². The zero-order valence-corrected chi connectivity index (χ0v) is 20.9. The Balaban J connectivity index is 1.52. The van der Waals surface area contributed by atoms with Crippen LogP contribution in [-0.4, -0.2) is 23.2 Å². The maximum Gasteiger partial charge on any atom is 0.293 e. The largest absolute Gasteiger partial charge is 0.493 e. The Bertz CT molecular complexity index is 1260. The number of ether oxygens (including phenoxy) is 2. The Hall–Kier alpha value is -3.10. The molecule has 34 heavy (non-hydrogen) atoms. The summed E-state index contributed by atoms with van der Waals surface area (Å²) < 4.78 is 25.1. The highest BCUT2D eigenvalue weighted by molar-refractivity contribution is 9.10. The smallest absolute Gasteiger partial charge is 0.293 e. The molecule has 1 fully saturated rings. The summed E-state index contributed by atoms with van der Waals surface area (Å²) in [6.07, 6.45) is 1.66. The van der Waals surface area contributed by atoms with Crippen molar-refractivity contribution < 1.29 is 23.5 Å². The fourth-order valence-electron chi connectivity index (χ4n) is 3.33. The van der Waals surface area contributed by atoms with Gasteiger partial charge in [0.2, 0.25) is 0 Å². The third-order valence-corrected chi connectivity index (χ3v) is 6.81. The van der Waals surface area contributed by atoms with Crippen molar-refractivity contribution in [3.05, 3.63) is 98.1 Å². The molecule has 0 spiro atoms. The van der Waals surface area contributed by atoms with E-state index in [0.717, 1.165) is 28.5 Å². The van der Waals surface area contributed by atoms with Crippen molar-refractivity contribution in [3.63, 3.8) is 0 Å². The molecule has 2 amide bonds. The number of carbonyl (C=O) groups is 2. The van der Waals surface area contributed by atoms with Crippen LogP contribution in [0.1, 0.15) is 22.3 Å². The summed E-state index contributed by atoms with van der Waals surface area (Å²) in [7, 11) is 1.52. The molecule has 3 aromatic carbocycles. The van der Waals surface area contributed by atoms with Gasteiger partial charge in [-0.25, -0.2) is 4.39 Å². The monoisotopic (exact) mass is 541 g/mol. The van der Waals surface area contributed by atoms with E-state index in [0.29, 0.717) is 26.4 Å². The van der Waals surface area contributed by atoms with Gasteiger partial charge in [-0.05, 0) is 65.7 Å². The second-order valence-corrected chi connectivity index (χ2v) is 9.54. The zero-order chi connectivity index (χ0) is 24.2. The number of nitrogens with zero attached hydrogens (tertiary/aromatic N) is 1. The Morgan fingerprint density at radius 3 is 2.35 bits per heavy atom. The van der Waals surface area contributed by atoms with Crippen LogP contribution in [0.5, 0.6) is 11.5 Å². The minimum absolute atomic E-state index is 0.225. The van der Waals surface area contributed by atoms with Gasteiger partial charge in [-0.3, -0.25) is 14.5 Å². The van der Waals surface area contributed by atoms with E-state index in [2.05, 4.69) is 15.9 Å². The molecule has 8 heteroatoms. The van der Waals surface area contributed by atoms with Gasteiger partial charge in [-0.2, -0.15) is 0 Å². The van der Waals surface area contributed by atoms with Crippen LogP contribution in [0.3, 0.4) is 0 Å². The molecule has 0 radical (unpaired) electrons. The molecule has 5 nitrogen and oxygen atoms in total. The number of amides is 2. The lowest BCUT2D eigenvalue weighted by molar-refractivity contribution is -0.123. The Morgan fingerprint density at radius 2 is 1.68 bits per heavy atom. The maximum atomic E-state index is 13.1. The van der Waals surface area contributed by atoms with E-state index < -0.39 is 0 Å². The highest BCUT2D eigenvalue weighted by atomic mass is 79.9. The van der Waals surface area contributed by atoms with Crippen molar-refractivity contribution in [1.82, 2.24) is 4.90 Å². The van der Waals surface area contributed by atoms with Crippen molar-refractivity contribution in [2.24, 2.45) is 0 Å². The van der Waals surface area contributed by atoms with Crippen LogP contribution in [0.15, 0.2) is 70.0 Å². The van der Waals surface area contributed by atoms with Gasteiger partial charge in [0.15, 0.2) is 11.5 Å². The summed E-state index contributed by atoms with van der Waals surface area (Å²) >= 11 is 4.42. The van der Waals surface area contributed by atoms with E-state index in [4.69, 9.17) is 9.47 Å². The molecular weight excluding hydrogens is 521 g/mol. The lowest BCUT2D eigenvalue weighted by Crippen LogP contribution is -2.27. The third-order valence-electron chi connectivity index (χ3n) is 5.21. The van der Waals surface area contributed by atoms with E-state index in [1.165, 1.54) is 24.1 Å². The van der Waals surface area contributed by atoms with Gasteiger partial charge in [0.05, 0.1) is 18.6 Å². The first-order chi connectivity index (χ1) is 16.3. The number of hydrogen-bond donors (Lipinski definition) is 0. The number of thioether (sulfide) groups is 1. The average Bonchev–Trinajstić information content (AvgIpc) is 3.08. The molecule has 4 rings (SSSR count). The van der Waals surface area contributed by atoms with E-state index >= 15 is 0 Å². The van der Waals surface area contributed by atoms with Gasteiger partial charge < -0.3 is 9.47 Å². The molecule has 0 saturated carbocycles.